The third kappa shape index (κ3) is 44.7. The van der Waals surface area contributed by atoms with Crippen LogP contribution in [0.5, 0.6) is 0 Å². The van der Waals surface area contributed by atoms with Crippen LogP contribution in [0, 0.1) is 0 Å². The molecule has 0 aromatic heterocycles. The SMILES string of the molecule is CCCCCCCCCCCCCCCCCC(=O)OC[C@H](COP(=O)(O)OCCNC(=O)OCCNC(=O)CCS)OC(=O)CCCCCCCCCCCCCCCCC. The molecule has 2 amide bonds. The van der Waals surface area contributed by atoms with E-state index in [4.69, 9.17) is 23.3 Å². The third-order valence-electron chi connectivity index (χ3n) is 10.7. The number of thiol groups is 1. The number of carbonyl (C=O) groups is 4. The number of rotatable bonds is 47. The Hall–Kier alpha value is -1.86. The standard InChI is InChI=1S/C47H91N2O11PS/c1-3-5-7-9-11-13-15-17-19-21-23-25-27-29-31-33-45(51)57-41-43(42-59-61(54,55)58-39-37-49-47(53)56-38-36-48-44(50)35-40-62)60-46(52)34-32-30-28-26-24-22-20-18-16-14-12-10-8-6-4-2/h43,62H,3-42H2,1-2H3,(H,48,50)(H,49,53)(H,54,55)/t43-/m1/s1. The van der Waals surface area contributed by atoms with Crippen LogP contribution < -0.4 is 10.6 Å². The summed E-state index contributed by atoms with van der Waals surface area (Å²) in [4.78, 5) is 58.8. The summed E-state index contributed by atoms with van der Waals surface area (Å²) in [6, 6.07) is 0. The summed E-state index contributed by atoms with van der Waals surface area (Å²) in [7, 11) is -4.62. The molecule has 15 heteroatoms. The van der Waals surface area contributed by atoms with Gasteiger partial charge in [0, 0.05) is 25.8 Å². The second-order valence-corrected chi connectivity index (χ2v) is 18.6. The lowest BCUT2D eigenvalue weighted by molar-refractivity contribution is -0.161. The Morgan fingerprint density at radius 2 is 0.903 bits per heavy atom. The normalized spacial score (nSPS) is 12.7. The zero-order chi connectivity index (χ0) is 45.6. The minimum atomic E-state index is -4.62. The molecule has 0 aromatic carbocycles. The Balaban J connectivity index is 4.51. The van der Waals surface area contributed by atoms with Gasteiger partial charge in [-0.2, -0.15) is 12.6 Å². The van der Waals surface area contributed by atoms with Crippen molar-refractivity contribution in [2.24, 2.45) is 0 Å². The van der Waals surface area contributed by atoms with Gasteiger partial charge >= 0.3 is 25.9 Å². The Morgan fingerprint density at radius 3 is 1.34 bits per heavy atom. The van der Waals surface area contributed by atoms with Gasteiger partial charge in [0.2, 0.25) is 5.91 Å². The molecule has 0 saturated carbocycles. The van der Waals surface area contributed by atoms with Crippen LogP contribution in [0.15, 0.2) is 0 Å². The van der Waals surface area contributed by atoms with Crippen LogP contribution in [-0.2, 0) is 42.2 Å². The molecule has 0 bridgehead atoms. The lowest BCUT2D eigenvalue weighted by Crippen LogP contribution is -2.32. The van der Waals surface area contributed by atoms with Crippen LogP contribution in [0.3, 0.4) is 0 Å². The molecule has 366 valence electrons. The molecule has 0 aliphatic carbocycles. The molecule has 0 aromatic rings. The Morgan fingerprint density at radius 1 is 0.500 bits per heavy atom. The number of amides is 2. The van der Waals surface area contributed by atoms with Crippen LogP contribution in [0.1, 0.15) is 226 Å². The first-order valence-corrected chi connectivity index (χ1v) is 27.0. The third-order valence-corrected chi connectivity index (χ3v) is 12.0. The lowest BCUT2D eigenvalue weighted by atomic mass is 10.0. The van der Waals surface area contributed by atoms with Gasteiger partial charge in [-0.3, -0.25) is 23.4 Å². The van der Waals surface area contributed by atoms with Crippen molar-refractivity contribution < 1.29 is 51.9 Å². The molecule has 0 heterocycles. The number of carbonyl (C=O) groups excluding carboxylic acids is 4. The van der Waals surface area contributed by atoms with Crippen molar-refractivity contribution in [1.82, 2.24) is 10.6 Å². The van der Waals surface area contributed by atoms with Gasteiger partial charge in [0.15, 0.2) is 6.10 Å². The van der Waals surface area contributed by atoms with E-state index < -0.39 is 38.6 Å². The number of unbranched alkanes of at least 4 members (excludes halogenated alkanes) is 28. The minimum absolute atomic E-state index is 0.0593. The number of nitrogens with one attached hydrogen (secondary N) is 2. The van der Waals surface area contributed by atoms with Gasteiger partial charge in [-0.05, 0) is 18.6 Å². The highest BCUT2D eigenvalue weighted by Crippen LogP contribution is 2.43. The minimum Gasteiger partial charge on any atom is -0.462 e. The second kappa shape index (κ2) is 45.7. The van der Waals surface area contributed by atoms with Crippen molar-refractivity contribution in [2.45, 2.75) is 232 Å². The van der Waals surface area contributed by atoms with E-state index in [-0.39, 0.29) is 58.1 Å². The Kier molecular flexibility index (Phi) is 44.3. The molecule has 0 rings (SSSR count). The summed E-state index contributed by atoms with van der Waals surface area (Å²) in [6.45, 7) is 3.20. The smallest absolute Gasteiger partial charge is 0.462 e. The van der Waals surface area contributed by atoms with E-state index in [1.807, 2.05) is 0 Å². The maximum atomic E-state index is 12.8. The van der Waals surface area contributed by atoms with E-state index in [2.05, 4.69) is 37.1 Å². The molecule has 3 N–H and O–H groups in total. The van der Waals surface area contributed by atoms with E-state index in [0.29, 0.717) is 18.6 Å². The molecule has 0 saturated heterocycles. The molecule has 2 atom stereocenters. The average Bonchev–Trinajstić information content (AvgIpc) is 3.25. The van der Waals surface area contributed by atoms with E-state index in [1.165, 1.54) is 141 Å². The van der Waals surface area contributed by atoms with Gasteiger partial charge in [-0.25, -0.2) is 9.36 Å². The molecule has 0 aliphatic rings. The molecule has 0 fully saturated rings. The summed E-state index contributed by atoms with van der Waals surface area (Å²) < 4.78 is 38.5. The number of hydrogen-bond donors (Lipinski definition) is 4. The van der Waals surface area contributed by atoms with Crippen LogP contribution in [0.4, 0.5) is 4.79 Å². The fourth-order valence-electron chi connectivity index (χ4n) is 7.00. The summed E-state index contributed by atoms with van der Waals surface area (Å²) in [6.07, 6.45) is 35.4. The van der Waals surface area contributed by atoms with Gasteiger partial charge < -0.3 is 29.7 Å². The van der Waals surface area contributed by atoms with Crippen molar-refractivity contribution in [2.75, 3.05) is 45.3 Å². The summed E-state index contributed by atoms with van der Waals surface area (Å²) in [5.41, 5.74) is 0. The number of phosphoric ester groups is 1. The predicted molar refractivity (Wildman–Crippen MR) is 252 cm³/mol. The highest BCUT2D eigenvalue weighted by atomic mass is 32.1. The van der Waals surface area contributed by atoms with Crippen molar-refractivity contribution >= 4 is 44.4 Å². The predicted octanol–water partition coefficient (Wildman–Crippen LogP) is 12.3. The van der Waals surface area contributed by atoms with E-state index >= 15 is 0 Å². The largest absolute Gasteiger partial charge is 0.472 e. The first kappa shape index (κ1) is 60.1. The van der Waals surface area contributed by atoms with Crippen LogP contribution in [0.25, 0.3) is 0 Å². The molecular weight excluding hydrogens is 832 g/mol. The maximum absolute atomic E-state index is 12.8. The maximum Gasteiger partial charge on any atom is 0.472 e. The first-order valence-electron chi connectivity index (χ1n) is 24.9. The lowest BCUT2D eigenvalue weighted by Gasteiger charge is -2.20. The summed E-state index contributed by atoms with van der Waals surface area (Å²) >= 11 is 3.98. The van der Waals surface area contributed by atoms with Gasteiger partial charge in [-0.15, -0.1) is 0 Å². The van der Waals surface area contributed by atoms with Crippen molar-refractivity contribution in [1.29, 1.82) is 0 Å². The fraction of sp³-hybridized carbons (Fsp3) is 0.915. The number of hydrogen-bond acceptors (Lipinski definition) is 11. The number of ether oxygens (including phenoxy) is 3. The fourth-order valence-corrected chi connectivity index (χ4v) is 7.96. The quantitative estimate of drug-likeness (QED) is 0.0150. The molecule has 0 spiro atoms. The van der Waals surface area contributed by atoms with Crippen molar-refractivity contribution in [3.63, 3.8) is 0 Å². The molecule has 62 heavy (non-hydrogen) atoms. The Bertz CT molecular complexity index is 1120. The van der Waals surface area contributed by atoms with Gasteiger partial charge in [0.25, 0.3) is 0 Å². The zero-order valence-corrected chi connectivity index (χ0v) is 41.1. The van der Waals surface area contributed by atoms with E-state index in [1.54, 1.807) is 0 Å². The van der Waals surface area contributed by atoms with Crippen LogP contribution in [0.2, 0.25) is 0 Å². The zero-order valence-electron chi connectivity index (χ0n) is 39.3. The molecule has 13 nitrogen and oxygen atoms in total. The average molecular weight is 923 g/mol. The van der Waals surface area contributed by atoms with Crippen molar-refractivity contribution in [3.05, 3.63) is 0 Å². The second-order valence-electron chi connectivity index (χ2n) is 16.7. The van der Waals surface area contributed by atoms with Gasteiger partial charge in [0.05, 0.1) is 19.8 Å². The van der Waals surface area contributed by atoms with E-state index in [9.17, 15) is 28.6 Å². The Labute approximate surface area is 382 Å². The molecule has 0 radical (unpaired) electrons. The topological polar surface area (TPSA) is 176 Å². The van der Waals surface area contributed by atoms with E-state index in [0.717, 1.165) is 38.5 Å². The summed E-state index contributed by atoms with van der Waals surface area (Å²) in [5.74, 6) is -0.722. The van der Waals surface area contributed by atoms with Crippen LogP contribution >= 0.6 is 20.5 Å². The monoisotopic (exact) mass is 923 g/mol. The molecule has 1 unspecified atom stereocenters. The number of phosphoric acid groups is 1. The highest BCUT2D eigenvalue weighted by molar-refractivity contribution is 7.80. The van der Waals surface area contributed by atoms with Gasteiger partial charge in [-0.1, -0.05) is 194 Å². The van der Waals surface area contributed by atoms with Gasteiger partial charge in [0.1, 0.15) is 13.2 Å². The number of alkyl carbamates (subject to hydrolysis) is 1. The molecular formula is C47H91N2O11PS. The van der Waals surface area contributed by atoms with Crippen molar-refractivity contribution in [3.8, 4) is 0 Å². The highest BCUT2D eigenvalue weighted by Gasteiger charge is 2.26. The first-order chi connectivity index (χ1) is 30.1. The molecule has 0 aliphatic heterocycles. The van der Waals surface area contributed by atoms with Crippen LogP contribution in [-0.4, -0.2) is 80.2 Å². The number of esters is 2. The summed E-state index contributed by atoms with van der Waals surface area (Å²) in [5, 5.41) is 4.94.